The number of carbonyl (C=O) groups excluding carboxylic acids is 4. The molecule has 3 saturated carbocycles. The molecule has 0 aromatic rings. The van der Waals surface area contributed by atoms with Crippen LogP contribution in [0.15, 0.2) is 23.3 Å². The Kier molecular flexibility index (Phi) is 10.4. The molecule has 6 aliphatic rings. The molecule has 0 aromatic carbocycles. The van der Waals surface area contributed by atoms with E-state index in [2.05, 4.69) is 0 Å². The molecule has 296 valence electrons. The zero-order valence-corrected chi connectivity index (χ0v) is 31.0. The highest BCUT2D eigenvalue weighted by atomic mass is 16.7. The Hall–Kier alpha value is -2.76. The Balaban J connectivity index is 1.36. The van der Waals surface area contributed by atoms with Crippen LogP contribution in [0.25, 0.3) is 0 Å². The van der Waals surface area contributed by atoms with E-state index in [0.717, 1.165) is 11.1 Å². The molecular weight excluding hydrogens is 696 g/mol. The average Bonchev–Trinajstić information content (AvgIpc) is 3.52. The Labute approximate surface area is 307 Å². The van der Waals surface area contributed by atoms with Crippen molar-refractivity contribution >= 4 is 23.7 Å². The van der Waals surface area contributed by atoms with Gasteiger partial charge < -0.3 is 54.7 Å². The van der Waals surface area contributed by atoms with Crippen LogP contribution >= 0.6 is 0 Å². The number of hydrogen-bond acceptors (Lipinski definition) is 15. The molecule has 0 amide bonds. The second kappa shape index (κ2) is 13.8. The van der Waals surface area contributed by atoms with E-state index in [1.54, 1.807) is 20.8 Å². The molecule has 7 unspecified atom stereocenters. The lowest BCUT2D eigenvalue weighted by Crippen LogP contribution is -2.65. The van der Waals surface area contributed by atoms with Gasteiger partial charge in [0.2, 0.25) is 6.29 Å². The number of hydrogen-bond donors (Lipinski definition) is 7. The van der Waals surface area contributed by atoms with E-state index in [1.807, 2.05) is 19.9 Å². The van der Waals surface area contributed by atoms with Crippen molar-refractivity contribution in [3.05, 3.63) is 23.3 Å². The summed E-state index contributed by atoms with van der Waals surface area (Å²) in [5, 5.41) is 75.2. The molecule has 4 aliphatic carbocycles. The van der Waals surface area contributed by atoms with E-state index in [9.17, 15) is 54.9 Å². The number of esters is 3. The zero-order valence-electron chi connectivity index (χ0n) is 31.0. The van der Waals surface area contributed by atoms with Crippen LogP contribution in [-0.4, -0.2) is 121 Å². The van der Waals surface area contributed by atoms with Crippen LogP contribution < -0.4 is 0 Å². The summed E-state index contributed by atoms with van der Waals surface area (Å²) in [6, 6.07) is 0. The summed E-state index contributed by atoms with van der Waals surface area (Å²) in [5.41, 5.74) is -2.79. The first-order valence-electron chi connectivity index (χ1n) is 18.5. The van der Waals surface area contributed by atoms with Crippen molar-refractivity contribution < 1.29 is 73.9 Å². The molecule has 2 heterocycles. The highest BCUT2D eigenvalue weighted by Crippen LogP contribution is 2.74. The van der Waals surface area contributed by atoms with Gasteiger partial charge in [-0.15, -0.1) is 0 Å². The summed E-state index contributed by atoms with van der Waals surface area (Å²) in [6.45, 7) is 9.86. The molecular formula is C38H54O15. The standard InChI is InChI=1S/C38H54O15/c1-16(2)11-18(41)12-19-26-22(51-31(19)46)14-38(15-39)20-7-8-23-35(4,21(20)13-24(42)37(26,38)6)10-9-25(50-17(3)40)36(23,5)34(49)53-33(48)30-28(44)27(43)29(45)32(47)52-30/h7,11,19,21-30,32-33,39,42-45,47-48H,8-10,12-15H2,1-6H3/t19?,21-,22-,23+,24-,25+,26+,27?,28?,29?,30?,32?,33?,35+,36-,37-,38-/m0/s1. The molecule has 2 aliphatic heterocycles. The van der Waals surface area contributed by atoms with Gasteiger partial charge in [0.25, 0.3) is 0 Å². The Bertz CT molecular complexity index is 1570. The van der Waals surface area contributed by atoms with Gasteiger partial charge in [-0.1, -0.05) is 31.1 Å². The number of aliphatic hydroxyl groups excluding tert-OH is 7. The van der Waals surface area contributed by atoms with Crippen molar-refractivity contribution in [2.24, 2.45) is 45.3 Å². The van der Waals surface area contributed by atoms with Crippen LogP contribution in [0.4, 0.5) is 0 Å². The van der Waals surface area contributed by atoms with Crippen LogP contribution in [0, 0.1) is 45.3 Å². The minimum absolute atomic E-state index is 0.0808. The first-order valence-corrected chi connectivity index (χ1v) is 18.5. The predicted octanol–water partition coefficient (Wildman–Crippen LogP) is 0.185. The van der Waals surface area contributed by atoms with Crippen molar-refractivity contribution in [2.75, 3.05) is 6.61 Å². The van der Waals surface area contributed by atoms with E-state index in [0.29, 0.717) is 6.42 Å². The predicted molar refractivity (Wildman–Crippen MR) is 180 cm³/mol. The van der Waals surface area contributed by atoms with Crippen LogP contribution in [0.2, 0.25) is 0 Å². The first kappa shape index (κ1) is 39.9. The van der Waals surface area contributed by atoms with Gasteiger partial charge in [0.15, 0.2) is 18.2 Å². The fraction of sp³-hybridized carbons (Fsp3) is 0.789. The molecule has 15 heteroatoms. The maximum absolute atomic E-state index is 14.4. The molecule has 0 aromatic heterocycles. The maximum Gasteiger partial charge on any atom is 0.318 e. The highest BCUT2D eigenvalue weighted by molar-refractivity contribution is 5.93. The molecule has 0 bridgehead atoms. The van der Waals surface area contributed by atoms with E-state index >= 15 is 0 Å². The second-order valence-electron chi connectivity index (χ2n) is 17.2. The van der Waals surface area contributed by atoms with Crippen molar-refractivity contribution in [3.8, 4) is 0 Å². The van der Waals surface area contributed by atoms with Crippen LogP contribution in [0.5, 0.6) is 0 Å². The highest BCUT2D eigenvalue weighted by Gasteiger charge is 2.76. The van der Waals surface area contributed by atoms with Gasteiger partial charge in [0.1, 0.15) is 35.9 Å². The number of rotatable bonds is 8. The van der Waals surface area contributed by atoms with Gasteiger partial charge in [0, 0.05) is 30.1 Å². The van der Waals surface area contributed by atoms with Crippen molar-refractivity contribution in [1.82, 2.24) is 0 Å². The van der Waals surface area contributed by atoms with Crippen molar-refractivity contribution in [3.63, 3.8) is 0 Å². The zero-order chi connectivity index (χ0) is 39.2. The van der Waals surface area contributed by atoms with Gasteiger partial charge in [-0.2, -0.15) is 0 Å². The monoisotopic (exact) mass is 750 g/mol. The summed E-state index contributed by atoms with van der Waals surface area (Å²) in [7, 11) is 0. The molecule has 5 fully saturated rings. The average molecular weight is 751 g/mol. The molecule has 15 nitrogen and oxygen atoms in total. The fourth-order valence-corrected chi connectivity index (χ4v) is 11.6. The van der Waals surface area contributed by atoms with E-state index in [4.69, 9.17) is 18.9 Å². The molecule has 2 saturated heterocycles. The SMILES string of the molecule is CC(=O)O[C@@H]1CC[C@@]2(C)[C@@H](CC=C3[C@@H]2C[C@H](O)[C@@]2(C)[C@@H]4C(CC(=O)C=C(C)C)C(=O)O[C@H]4C[C@]32CO)[C@]1(C)C(=O)OC(O)C1OC(O)C(O)C(O)C1O. The summed E-state index contributed by atoms with van der Waals surface area (Å²) >= 11 is 0. The Morgan fingerprint density at radius 3 is 2.34 bits per heavy atom. The number of ketones is 1. The van der Waals surface area contributed by atoms with Crippen LogP contribution in [0.3, 0.4) is 0 Å². The summed E-state index contributed by atoms with van der Waals surface area (Å²) < 4.78 is 22.2. The number of fused-ring (bicyclic) bond motifs is 7. The van der Waals surface area contributed by atoms with Crippen molar-refractivity contribution in [2.45, 2.75) is 135 Å². The molecule has 6 rings (SSSR count). The molecule has 17 atom stereocenters. The number of allylic oxidation sites excluding steroid dienone is 3. The Morgan fingerprint density at radius 2 is 1.72 bits per heavy atom. The Morgan fingerprint density at radius 1 is 1.04 bits per heavy atom. The molecule has 0 spiro atoms. The fourth-order valence-electron chi connectivity index (χ4n) is 11.6. The molecule has 7 N–H and O–H groups in total. The first-order chi connectivity index (χ1) is 24.7. The lowest BCUT2D eigenvalue weighted by Gasteiger charge is -2.65. The van der Waals surface area contributed by atoms with Gasteiger partial charge in [-0.05, 0) is 76.2 Å². The summed E-state index contributed by atoms with van der Waals surface area (Å²) in [6.07, 6.45) is -9.80. The van der Waals surface area contributed by atoms with Gasteiger partial charge in [0.05, 0.1) is 18.6 Å². The molecule has 0 radical (unpaired) electrons. The smallest absolute Gasteiger partial charge is 0.318 e. The number of ether oxygens (including phenoxy) is 4. The van der Waals surface area contributed by atoms with E-state index in [-0.39, 0.29) is 44.5 Å². The van der Waals surface area contributed by atoms with Crippen LogP contribution in [-0.2, 0) is 38.1 Å². The minimum Gasteiger partial charge on any atom is -0.462 e. The van der Waals surface area contributed by atoms with E-state index < -0.39 is 119 Å². The number of aliphatic hydroxyl groups is 7. The van der Waals surface area contributed by atoms with Gasteiger partial charge >= 0.3 is 17.9 Å². The number of carbonyl (C=O) groups is 4. The lowest BCUT2D eigenvalue weighted by molar-refractivity contribution is -0.321. The third-order valence-electron chi connectivity index (χ3n) is 14.3. The quantitative estimate of drug-likeness (QED) is 0.0575. The van der Waals surface area contributed by atoms with E-state index in [1.165, 1.54) is 13.0 Å². The maximum atomic E-state index is 14.4. The van der Waals surface area contributed by atoms with Crippen molar-refractivity contribution in [1.29, 1.82) is 0 Å². The third-order valence-corrected chi connectivity index (χ3v) is 14.3. The van der Waals surface area contributed by atoms with Crippen LogP contribution in [0.1, 0.15) is 80.1 Å². The summed E-state index contributed by atoms with van der Waals surface area (Å²) in [4.78, 5) is 52.9. The largest absolute Gasteiger partial charge is 0.462 e. The molecule has 53 heavy (non-hydrogen) atoms. The third kappa shape index (κ3) is 5.83. The normalized spacial score (nSPS) is 47.8. The summed E-state index contributed by atoms with van der Waals surface area (Å²) in [5.74, 6) is -4.72. The topological polar surface area (TPSA) is 247 Å². The van der Waals surface area contributed by atoms with Gasteiger partial charge in [-0.25, -0.2) is 0 Å². The lowest BCUT2D eigenvalue weighted by atomic mass is 9.40. The second-order valence-corrected chi connectivity index (χ2v) is 17.2. The minimum atomic E-state index is -2.21. The van der Waals surface area contributed by atoms with Gasteiger partial charge in [-0.3, -0.25) is 19.2 Å².